The zero-order chi connectivity index (χ0) is 31.8. The third-order valence-electron chi connectivity index (χ3n) is 6.75. The molecule has 0 bridgehead atoms. The number of hydrogen-bond acceptors (Lipinski definition) is 10. The number of nitro benzene ring substituents is 1. The van der Waals surface area contributed by atoms with E-state index < -0.39 is 38.4 Å². The van der Waals surface area contributed by atoms with E-state index in [0.29, 0.717) is 27.2 Å². The van der Waals surface area contributed by atoms with Crippen molar-refractivity contribution in [3.63, 3.8) is 0 Å². The van der Waals surface area contributed by atoms with Crippen LogP contribution in [0.15, 0.2) is 92.7 Å². The number of carbonyl (C=O) groups excluding carboxylic acids is 1. The normalized spacial score (nSPS) is 15.0. The maximum Gasteiger partial charge on any atom is 0.339 e. The fourth-order valence-electron chi connectivity index (χ4n) is 4.64. The van der Waals surface area contributed by atoms with Gasteiger partial charge in [0.1, 0.15) is 16.5 Å². The van der Waals surface area contributed by atoms with Crippen LogP contribution in [0.1, 0.15) is 36.6 Å². The van der Waals surface area contributed by atoms with Crippen molar-refractivity contribution in [2.24, 2.45) is 4.99 Å². The fourth-order valence-corrected chi connectivity index (χ4v) is 6.64. The van der Waals surface area contributed by atoms with Crippen molar-refractivity contribution in [1.82, 2.24) is 4.57 Å². The molecule has 5 rings (SSSR count). The maximum atomic E-state index is 13.7. The molecule has 3 aromatic carbocycles. The average Bonchev–Trinajstić information content (AvgIpc) is 3.27. The van der Waals surface area contributed by atoms with E-state index >= 15 is 0 Å². The van der Waals surface area contributed by atoms with Crippen LogP contribution >= 0.6 is 11.3 Å². The molecule has 11 nitrogen and oxygen atoms in total. The third-order valence-corrected chi connectivity index (χ3v) is 8.98. The summed E-state index contributed by atoms with van der Waals surface area (Å²) in [5, 5.41) is 11.2. The molecular weight excluding hydrogens is 613 g/mol. The van der Waals surface area contributed by atoms with Gasteiger partial charge >= 0.3 is 16.1 Å². The minimum atomic E-state index is -4.37. The van der Waals surface area contributed by atoms with Gasteiger partial charge < -0.3 is 8.92 Å². The Hall–Kier alpha value is -4.95. The average molecular weight is 638 g/mol. The maximum absolute atomic E-state index is 13.7. The zero-order valence-electron chi connectivity index (χ0n) is 23.5. The van der Waals surface area contributed by atoms with Crippen LogP contribution in [0.2, 0.25) is 0 Å². The number of nitro groups is 1. The number of ether oxygens (including phenoxy) is 1. The van der Waals surface area contributed by atoms with Gasteiger partial charge in [-0.2, -0.15) is 8.42 Å². The predicted octanol–water partition coefficient (Wildman–Crippen LogP) is 3.92. The van der Waals surface area contributed by atoms with E-state index in [-0.39, 0.29) is 33.0 Å². The summed E-state index contributed by atoms with van der Waals surface area (Å²) in [4.78, 5) is 41.6. The summed E-state index contributed by atoms with van der Waals surface area (Å²) < 4.78 is 51.3. The molecule has 0 saturated carbocycles. The second kappa shape index (κ2) is 12.0. The minimum absolute atomic E-state index is 0.0437. The van der Waals surface area contributed by atoms with E-state index in [1.807, 2.05) is 0 Å². The van der Waals surface area contributed by atoms with Crippen molar-refractivity contribution in [3.8, 4) is 5.75 Å². The van der Waals surface area contributed by atoms with Gasteiger partial charge in [0.25, 0.3) is 11.2 Å². The van der Waals surface area contributed by atoms with E-state index in [2.05, 4.69) is 4.99 Å². The number of aryl methyl sites for hydroxylation is 1. The number of aromatic nitrogens is 1. The Bertz CT molecular complexity index is 2120. The fraction of sp³-hybridized carbons (Fsp3) is 0.167. The quantitative estimate of drug-likeness (QED) is 0.122. The van der Waals surface area contributed by atoms with E-state index in [1.54, 1.807) is 19.9 Å². The summed E-state index contributed by atoms with van der Waals surface area (Å²) in [6.07, 6.45) is 1.58. The molecule has 0 aliphatic carbocycles. The summed E-state index contributed by atoms with van der Waals surface area (Å²) in [7, 11) is -4.37. The van der Waals surface area contributed by atoms with E-state index in [4.69, 9.17) is 8.92 Å². The van der Waals surface area contributed by atoms with Crippen LogP contribution in [0.3, 0.4) is 0 Å². The molecule has 2 heterocycles. The molecule has 1 aromatic heterocycles. The first kappa shape index (κ1) is 30.5. The first-order chi connectivity index (χ1) is 20.9. The van der Waals surface area contributed by atoms with Crippen molar-refractivity contribution in [2.45, 2.75) is 31.7 Å². The molecular formula is C30H24FN3O8S2. The molecule has 0 unspecified atom stereocenters. The van der Waals surface area contributed by atoms with Gasteiger partial charge in [-0.25, -0.2) is 14.2 Å². The Morgan fingerprint density at radius 2 is 1.80 bits per heavy atom. The Balaban J connectivity index is 1.49. The number of benzene rings is 3. The van der Waals surface area contributed by atoms with Crippen LogP contribution < -0.4 is 19.1 Å². The second-order valence-corrected chi connectivity index (χ2v) is 12.2. The van der Waals surface area contributed by atoms with Gasteiger partial charge in [-0.1, -0.05) is 41.7 Å². The van der Waals surface area contributed by atoms with E-state index in [9.17, 15) is 32.5 Å². The molecule has 0 radical (unpaired) electrons. The Morgan fingerprint density at radius 1 is 1.11 bits per heavy atom. The van der Waals surface area contributed by atoms with Gasteiger partial charge in [-0.15, -0.1) is 0 Å². The molecule has 4 aromatic rings. The Morgan fingerprint density at radius 3 is 2.43 bits per heavy atom. The molecule has 1 aliphatic heterocycles. The largest absolute Gasteiger partial charge is 0.463 e. The summed E-state index contributed by atoms with van der Waals surface area (Å²) in [5.74, 6) is -1.15. The van der Waals surface area contributed by atoms with Gasteiger partial charge in [0.2, 0.25) is 0 Å². The summed E-state index contributed by atoms with van der Waals surface area (Å²) >= 11 is 1.09. The van der Waals surface area contributed by atoms with Gasteiger partial charge in [0.15, 0.2) is 4.80 Å². The number of carbonyl (C=O) groups is 1. The minimum Gasteiger partial charge on any atom is -0.463 e. The van der Waals surface area contributed by atoms with Gasteiger partial charge in [0.05, 0.1) is 33.4 Å². The van der Waals surface area contributed by atoms with E-state index in [1.165, 1.54) is 72.2 Å². The predicted molar refractivity (Wildman–Crippen MR) is 159 cm³/mol. The summed E-state index contributed by atoms with van der Waals surface area (Å²) in [6, 6.07) is 13.9. The number of halogens is 1. The molecule has 0 saturated heterocycles. The number of esters is 1. The molecule has 14 heteroatoms. The summed E-state index contributed by atoms with van der Waals surface area (Å²) in [6.45, 7) is 4.91. The Kier molecular flexibility index (Phi) is 8.30. The molecule has 0 fully saturated rings. The monoisotopic (exact) mass is 637 g/mol. The number of nitrogens with zero attached hydrogens (tertiary/aromatic N) is 3. The molecule has 226 valence electrons. The first-order valence-electron chi connectivity index (χ1n) is 13.1. The van der Waals surface area contributed by atoms with E-state index in [0.717, 1.165) is 17.4 Å². The lowest BCUT2D eigenvalue weighted by molar-refractivity contribution is -0.385. The number of fused-ring (bicyclic) bond motifs is 1. The number of hydrogen-bond donors (Lipinski definition) is 0. The third kappa shape index (κ3) is 5.94. The van der Waals surface area contributed by atoms with Crippen molar-refractivity contribution < 1.29 is 31.4 Å². The van der Waals surface area contributed by atoms with Crippen molar-refractivity contribution in [3.05, 3.63) is 130 Å². The smallest absolute Gasteiger partial charge is 0.339 e. The van der Waals surface area contributed by atoms with Crippen molar-refractivity contribution >= 4 is 39.2 Å². The highest BCUT2D eigenvalue weighted by Gasteiger charge is 2.33. The van der Waals surface area contributed by atoms with Crippen LogP contribution in [0, 0.1) is 22.9 Å². The van der Waals surface area contributed by atoms with Crippen LogP contribution in [-0.2, 0) is 19.6 Å². The van der Waals surface area contributed by atoms with Crippen LogP contribution in [0.25, 0.3) is 6.08 Å². The highest BCUT2D eigenvalue weighted by Crippen LogP contribution is 2.31. The topological polar surface area (TPSA) is 147 Å². The lowest BCUT2D eigenvalue weighted by Gasteiger charge is -2.24. The molecule has 1 atom stereocenters. The van der Waals surface area contributed by atoms with Gasteiger partial charge in [0, 0.05) is 11.6 Å². The highest BCUT2D eigenvalue weighted by molar-refractivity contribution is 7.87. The van der Waals surface area contributed by atoms with Crippen molar-refractivity contribution in [2.75, 3.05) is 6.61 Å². The molecule has 0 N–H and O–H groups in total. The molecule has 0 amide bonds. The Labute approximate surface area is 254 Å². The van der Waals surface area contributed by atoms with Crippen LogP contribution in [-0.4, -0.2) is 30.5 Å². The second-order valence-electron chi connectivity index (χ2n) is 9.67. The lowest BCUT2D eigenvalue weighted by Crippen LogP contribution is -2.39. The molecule has 44 heavy (non-hydrogen) atoms. The van der Waals surface area contributed by atoms with Crippen LogP contribution in [0.5, 0.6) is 5.75 Å². The van der Waals surface area contributed by atoms with Gasteiger partial charge in [-0.05, 0) is 68.3 Å². The first-order valence-corrected chi connectivity index (χ1v) is 15.4. The number of allylic oxidation sites excluding steroid dienone is 1. The van der Waals surface area contributed by atoms with Crippen molar-refractivity contribution in [1.29, 1.82) is 0 Å². The molecule has 1 aliphatic rings. The summed E-state index contributed by atoms with van der Waals surface area (Å²) in [5.41, 5.74) is 1.08. The van der Waals surface area contributed by atoms with Crippen LogP contribution in [0.4, 0.5) is 10.1 Å². The number of rotatable bonds is 8. The molecule has 0 spiro atoms. The van der Waals surface area contributed by atoms with Gasteiger partial charge in [-0.3, -0.25) is 19.5 Å². The number of thiazole rings is 1. The SMILES string of the molecule is CCOC(=O)C1=C(C)N=c2s/c(=C\c3ccc(OS(=O)(=O)c4ccc(C)c([N+](=O)[O-])c4)cc3)c(=O)n2[C@H]1c1ccc(F)cc1. The highest BCUT2D eigenvalue weighted by atomic mass is 32.2. The standard InChI is InChI=1S/C30H24FN3O8S2/c1-4-41-29(36)26-18(3)32-30-33(27(26)20-8-10-21(31)11-9-20)28(35)25(43-30)15-19-6-12-22(13-7-19)42-44(39,40)23-14-5-17(2)24(16-23)34(37)38/h5-16,27H,4H2,1-3H3/b25-15-/t27-/m0/s1. The zero-order valence-corrected chi connectivity index (χ0v) is 25.1. The lowest BCUT2D eigenvalue weighted by atomic mass is 9.96.